The monoisotopic (exact) mass is 392 g/mol. The van der Waals surface area contributed by atoms with Crippen molar-refractivity contribution < 1.29 is 19.5 Å². The zero-order chi connectivity index (χ0) is 20.8. The number of Topliss-reactive ketones (excluding diaryl/α,β-unsaturated/α-hetero) is 1. The third kappa shape index (κ3) is 4.99. The molecule has 3 unspecified atom stereocenters. The minimum absolute atomic E-state index is 0.212. The van der Waals surface area contributed by atoms with E-state index in [-0.39, 0.29) is 5.78 Å². The molecule has 29 heavy (non-hydrogen) atoms. The number of aryl methyl sites for hydroxylation is 1. The van der Waals surface area contributed by atoms with E-state index >= 15 is 0 Å². The van der Waals surface area contributed by atoms with Gasteiger partial charge in [-0.2, -0.15) is 0 Å². The lowest BCUT2D eigenvalue weighted by atomic mass is 9.86. The number of carboxylic acid groups (broad SMARTS) is 1. The summed E-state index contributed by atoms with van der Waals surface area (Å²) in [4.78, 5) is 36.0. The fourth-order valence-corrected chi connectivity index (χ4v) is 3.61. The molecular weight excluding hydrogens is 368 g/mol. The van der Waals surface area contributed by atoms with Crippen molar-refractivity contribution in [2.24, 2.45) is 0 Å². The van der Waals surface area contributed by atoms with Crippen molar-refractivity contribution in [3.63, 3.8) is 0 Å². The van der Waals surface area contributed by atoms with Gasteiger partial charge in [-0.3, -0.25) is 14.9 Å². The van der Waals surface area contributed by atoms with Gasteiger partial charge in [0, 0.05) is 6.42 Å². The maximum Gasteiger partial charge on any atom is 0.321 e. The lowest BCUT2D eigenvalue weighted by Crippen LogP contribution is -2.50. The Hall–Kier alpha value is -3.21. The third-order valence-electron chi connectivity index (χ3n) is 5.19. The molecule has 0 bridgehead atoms. The van der Waals surface area contributed by atoms with E-state index in [9.17, 15) is 19.5 Å². The second-order valence-electron chi connectivity index (χ2n) is 7.23. The molecule has 1 heterocycles. The number of ketones is 1. The third-order valence-corrected chi connectivity index (χ3v) is 5.19. The molecule has 3 N–H and O–H groups in total. The maximum atomic E-state index is 13.1. The number of benzene rings is 2. The highest BCUT2D eigenvalue weighted by atomic mass is 16.4. The number of aliphatic carboxylic acids is 1. The van der Waals surface area contributed by atoms with Crippen molar-refractivity contribution in [1.29, 1.82) is 0 Å². The van der Waals surface area contributed by atoms with Crippen LogP contribution in [-0.2, 0) is 27.2 Å². The highest BCUT2D eigenvalue weighted by Gasteiger charge is 2.35. The van der Waals surface area contributed by atoms with Crippen LogP contribution in [0.4, 0.5) is 0 Å². The molecule has 0 fully saturated rings. The van der Waals surface area contributed by atoms with Crippen molar-refractivity contribution in [2.45, 2.75) is 44.3 Å². The molecule has 0 radical (unpaired) electrons. The normalized spacial score (nSPS) is 18.8. The SMILES string of the molecule is CC(NC(=C=O)CCc1ccccc1)C(=O)C1NC(C(=O)O)Cc2ccccc21. The van der Waals surface area contributed by atoms with Crippen LogP contribution < -0.4 is 10.6 Å². The summed E-state index contributed by atoms with van der Waals surface area (Å²) in [7, 11) is 0. The number of fused-ring (bicyclic) bond motifs is 1. The molecule has 0 aromatic heterocycles. The largest absolute Gasteiger partial charge is 0.480 e. The van der Waals surface area contributed by atoms with Crippen molar-refractivity contribution in [3.8, 4) is 0 Å². The number of rotatable bonds is 8. The van der Waals surface area contributed by atoms with E-state index in [1.54, 1.807) is 6.92 Å². The van der Waals surface area contributed by atoms with E-state index in [0.29, 0.717) is 25.0 Å². The minimum atomic E-state index is -0.991. The van der Waals surface area contributed by atoms with E-state index in [4.69, 9.17) is 0 Å². The summed E-state index contributed by atoms with van der Waals surface area (Å²) in [5.41, 5.74) is 3.05. The first-order chi connectivity index (χ1) is 14.0. The molecule has 3 rings (SSSR count). The highest BCUT2D eigenvalue weighted by molar-refractivity contribution is 5.91. The molecule has 6 nitrogen and oxygen atoms in total. The van der Waals surface area contributed by atoms with E-state index < -0.39 is 24.1 Å². The Morgan fingerprint density at radius 3 is 2.55 bits per heavy atom. The average molecular weight is 392 g/mol. The van der Waals surface area contributed by atoms with Crippen molar-refractivity contribution in [1.82, 2.24) is 10.6 Å². The second-order valence-corrected chi connectivity index (χ2v) is 7.23. The van der Waals surface area contributed by atoms with E-state index in [1.165, 1.54) is 0 Å². The first-order valence-electron chi connectivity index (χ1n) is 9.64. The Labute approximate surface area is 169 Å². The van der Waals surface area contributed by atoms with Crippen molar-refractivity contribution >= 4 is 17.7 Å². The van der Waals surface area contributed by atoms with Crippen LogP contribution in [-0.4, -0.2) is 34.9 Å². The van der Waals surface area contributed by atoms with Gasteiger partial charge in [-0.1, -0.05) is 54.6 Å². The molecule has 0 aliphatic carbocycles. The van der Waals surface area contributed by atoms with Crippen LogP contribution in [0.2, 0.25) is 0 Å². The molecule has 2 aromatic rings. The number of carboxylic acids is 1. The molecule has 1 aliphatic rings. The number of carbonyl (C=O) groups excluding carboxylic acids is 2. The van der Waals surface area contributed by atoms with Gasteiger partial charge in [0.2, 0.25) is 0 Å². The van der Waals surface area contributed by atoms with E-state index in [2.05, 4.69) is 10.6 Å². The van der Waals surface area contributed by atoms with Gasteiger partial charge >= 0.3 is 5.97 Å². The quantitative estimate of drug-likeness (QED) is 0.596. The highest BCUT2D eigenvalue weighted by Crippen LogP contribution is 2.27. The predicted molar refractivity (Wildman–Crippen MR) is 109 cm³/mol. The van der Waals surface area contributed by atoms with Gasteiger partial charge in [0.05, 0.1) is 17.8 Å². The van der Waals surface area contributed by atoms with Crippen LogP contribution in [0.1, 0.15) is 36.1 Å². The zero-order valence-electron chi connectivity index (χ0n) is 16.2. The number of allylic oxidation sites excluding steroid dienone is 1. The standard InChI is InChI=1S/C23H24N2O4/c1-15(24-18(14-26)12-11-16-7-3-2-4-8-16)22(27)21-19-10-6-5-9-17(19)13-20(25-21)23(28)29/h2-10,15,20-21,24-25H,11-13H2,1H3,(H,28,29). The van der Waals surface area contributed by atoms with Crippen LogP contribution in [0, 0.1) is 0 Å². The van der Waals surface area contributed by atoms with Gasteiger partial charge in [-0.15, -0.1) is 0 Å². The Morgan fingerprint density at radius 1 is 1.17 bits per heavy atom. The summed E-state index contributed by atoms with van der Waals surface area (Å²) in [6.45, 7) is 1.68. The zero-order valence-corrected chi connectivity index (χ0v) is 16.2. The Bertz CT molecular complexity index is 935. The van der Waals surface area contributed by atoms with Crippen LogP contribution >= 0.6 is 0 Å². The van der Waals surface area contributed by atoms with Gasteiger partial charge in [0.1, 0.15) is 12.0 Å². The topological polar surface area (TPSA) is 95.5 Å². The van der Waals surface area contributed by atoms with E-state index in [0.717, 1.165) is 16.7 Å². The number of hydrogen-bond acceptors (Lipinski definition) is 5. The summed E-state index contributed by atoms with van der Waals surface area (Å²) in [5.74, 6) is 0.692. The van der Waals surface area contributed by atoms with Crippen molar-refractivity contribution in [3.05, 3.63) is 77.0 Å². The van der Waals surface area contributed by atoms with Crippen LogP contribution in [0.5, 0.6) is 0 Å². The Morgan fingerprint density at radius 2 is 1.86 bits per heavy atom. The Kier molecular flexibility index (Phi) is 6.60. The first kappa shape index (κ1) is 20.5. The van der Waals surface area contributed by atoms with Crippen LogP contribution in [0.3, 0.4) is 0 Å². The fourth-order valence-electron chi connectivity index (χ4n) is 3.61. The minimum Gasteiger partial charge on any atom is -0.480 e. The van der Waals surface area contributed by atoms with Gasteiger partial charge in [-0.05, 0) is 36.5 Å². The molecule has 0 spiro atoms. The summed E-state index contributed by atoms with van der Waals surface area (Å²) >= 11 is 0. The van der Waals surface area contributed by atoms with Crippen LogP contribution in [0.15, 0.2) is 60.3 Å². The van der Waals surface area contributed by atoms with Crippen LogP contribution in [0.25, 0.3) is 0 Å². The lowest BCUT2D eigenvalue weighted by molar-refractivity contribution is -0.140. The molecule has 1 aliphatic heterocycles. The molecule has 0 saturated heterocycles. The number of hydrogen-bond donors (Lipinski definition) is 3. The smallest absolute Gasteiger partial charge is 0.321 e. The molecule has 3 atom stereocenters. The molecule has 0 amide bonds. The Balaban J connectivity index is 1.70. The molecular formula is C23H24N2O4. The number of carbonyl (C=O) groups is 2. The summed E-state index contributed by atoms with van der Waals surface area (Å²) in [5, 5.41) is 15.3. The van der Waals surface area contributed by atoms with Gasteiger partial charge in [0.25, 0.3) is 0 Å². The lowest BCUT2D eigenvalue weighted by Gasteiger charge is -2.32. The summed E-state index contributed by atoms with van der Waals surface area (Å²) < 4.78 is 0. The summed E-state index contributed by atoms with van der Waals surface area (Å²) in [6, 6.07) is 14.9. The molecule has 150 valence electrons. The van der Waals surface area contributed by atoms with Gasteiger partial charge in [0.15, 0.2) is 5.78 Å². The molecule has 0 saturated carbocycles. The van der Waals surface area contributed by atoms with Gasteiger partial charge in [-0.25, -0.2) is 4.79 Å². The predicted octanol–water partition coefficient (Wildman–Crippen LogP) is 2.22. The number of nitrogens with one attached hydrogen (secondary N) is 2. The molecule has 2 aromatic carbocycles. The summed E-state index contributed by atoms with van der Waals surface area (Å²) in [6.07, 6.45) is 1.43. The van der Waals surface area contributed by atoms with E-state index in [1.807, 2.05) is 60.5 Å². The van der Waals surface area contributed by atoms with Crippen molar-refractivity contribution in [2.75, 3.05) is 0 Å². The average Bonchev–Trinajstić information content (AvgIpc) is 2.75. The molecule has 6 heteroatoms. The second kappa shape index (κ2) is 9.32. The maximum absolute atomic E-state index is 13.1. The fraction of sp³-hybridized carbons (Fsp3) is 0.304. The first-order valence-corrected chi connectivity index (χ1v) is 9.64. The van der Waals surface area contributed by atoms with Gasteiger partial charge < -0.3 is 10.4 Å².